The van der Waals surface area contributed by atoms with Crippen LogP contribution in [-0.2, 0) is 16.1 Å². The molecule has 0 bridgehead atoms. The summed E-state index contributed by atoms with van der Waals surface area (Å²) in [6.45, 7) is 1.17. The van der Waals surface area contributed by atoms with Gasteiger partial charge in [-0.3, -0.25) is 4.79 Å². The van der Waals surface area contributed by atoms with Crippen molar-refractivity contribution in [3.05, 3.63) is 34.6 Å². The molecule has 1 amide bonds. The van der Waals surface area contributed by atoms with Crippen LogP contribution < -0.4 is 5.32 Å². The van der Waals surface area contributed by atoms with E-state index in [2.05, 4.69) is 15.4 Å². The highest BCUT2D eigenvalue weighted by molar-refractivity contribution is 6.30. The van der Waals surface area contributed by atoms with Gasteiger partial charge in [-0.15, -0.1) is 5.10 Å². The van der Waals surface area contributed by atoms with Crippen LogP contribution in [0.3, 0.4) is 0 Å². The number of ether oxygens (including phenoxy) is 1. The number of halogens is 2. The van der Waals surface area contributed by atoms with Crippen LogP contribution in [0, 0.1) is 0 Å². The number of nitrogens with zero attached hydrogens (tertiary/aromatic N) is 3. The first kappa shape index (κ1) is 16.7. The molecule has 118 valence electrons. The molecule has 0 atom stereocenters. The number of carbonyl (C=O) groups excluding carboxylic acids is 1. The van der Waals surface area contributed by atoms with E-state index in [0.717, 1.165) is 12.0 Å². The van der Waals surface area contributed by atoms with Gasteiger partial charge in [0.1, 0.15) is 6.54 Å². The molecule has 0 saturated heterocycles. The maximum atomic E-state index is 11.8. The molecule has 8 heteroatoms. The van der Waals surface area contributed by atoms with E-state index in [0.29, 0.717) is 24.0 Å². The third-order valence-electron chi connectivity index (χ3n) is 2.87. The van der Waals surface area contributed by atoms with E-state index in [4.69, 9.17) is 27.9 Å². The van der Waals surface area contributed by atoms with Gasteiger partial charge < -0.3 is 10.1 Å². The van der Waals surface area contributed by atoms with Gasteiger partial charge in [-0.2, -0.15) is 4.98 Å². The number of nitrogens with one attached hydrogen (secondary N) is 1. The molecule has 0 aliphatic rings. The van der Waals surface area contributed by atoms with E-state index in [1.165, 1.54) is 4.68 Å². The Bertz CT molecular complexity index is 628. The van der Waals surface area contributed by atoms with Crippen molar-refractivity contribution in [3.8, 4) is 11.4 Å². The zero-order chi connectivity index (χ0) is 15.9. The summed E-state index contributed by atoms with van der Waals surface area (Å²) in [4.78, 5) is 15.9. The van der Waals surface area contributed by atoms with Crippen LogP contribution in [0.15, 0.2) is 24.3 Å². The van der Waals surface area contributed by atoms with Crippen LogP contribution in [0.2, 0.25) is 10.3 Å². The highest BCUT2D eigenvalue weighted by atomic mass is 35.5. The molecule has 1 heterocycles. The molecule has 0 unspecified atom stereocenters. The molecule has 1 N–H and O–H groups in total. The van der Waals surface area contributed by atoms with Gasteiger partial charge in [0.25, 0.3) is 0 Å². The second kappa shape index (κ2) is 8.12. The molecular weight excluding hydrogens is 327 g/mol. The number of rotatable bonds is 7. The molecule has 6 nitrogen and oxygen atoms in total. The summed E-state index contributed by atoms with van der Waals surface area (Å²) in [7, 11) is 1.62. The Morgan fingerprint density at radius 2 is 2.05 bits per heavy atom. The largest absolute Gasteiger partial charge is 0.385 e. The van der Waals surface area contributed by atoms with Crippen molar-refractivity contribution in [2.45, 2.75) is 13.0 Å². The number of amides is 1. The standard InChI is InChI=1S/C14H16Cl2N4O2/c1-22-8-2-7-17-12(21)9-20-14(16)18-13(19-20)10-3-5-11(15)6-4-10/h3-6H,2,7-9H2,1H3,(H,17,21). The van der Waals surface area contributed by atoms with Crippen LogP contribution in [0.5, 0.6) is 0 Å². The first-order chi connectivity index (χ1) is 10.6. The van der Waals surface area contributed by atoms with Crippen molar-refractivity contribution in [2.75, 3.05) is 20.3 Å². The zero-order valence-corrected chi connectivity index (χ0v) is 13.6. The first-order valence-electron chi connectivity index (χ1n) is 6.72. The summed E-state index contributed by atoms with van der Waals surface area (Å²) in [6, 6.07) is 7.08. The first-order valence-corrected chi connectivity index (χ1v) is 7.47. The predicted molar refractivity (Wildman–Crippen MR) is 85.0 cm³/mol. The van der Waals surface area contributed by atoms with Gasteiger partial charge in [0.15, 0.2) is 5.82 Å². The Labute approximate surface area is 138 Å². The van der Waals surface area contributed by atoms with Crippen molar-refractivity contribution in [3.63, 3.8) is 0 Å². The number of carbonyl (C=O) groups is 1. The highest BCUT2D eigenvalue weighted by Gasteiger charge is 2.12. The van der Waals surface area contributed by atoms with E-state index in [-0.39, 0.29) is 17.7 Å². The van der Waals surface area contributed by atoms with E-state index >= 15 is 0 Å². The van der Waals surface area contributed by atoms with Gasteiger partial charge in [-0.25, -0.2) is 4.68 Å². The summed E-state index contributed by atoms with van der Waals surface area (Å²) in [5.74, 6) is 0.277. The molecule has 22 heavy (non-hydrogen) atoms. The molecule has 1 aromatic heterocycles. The maximum absolute atomic E-state index is 11.8. The molecular formula is C14H16Cl2N4O2. The molecule has 0 saturated carbocycles. The highest BCUT2D eigenvalue weighted by Crippen LogP contribution is 2.20. The third-order valence-corrected chi connectivity index (χ3v) is 3.40. The number of hydrogen-bond acceptors (Lipinski definition) is 4. The Morgan fingerprint density at radius 1 is 1.32 bits per heavy atom. The van der Waals surface area contributed by atoms with E-state index in [1.807, 2.05) is 0 Å². The van der Waals surface area contributed by atoms with Crippen LogP contribution in [0.25, 0.3) is 11.4 Å². The number of aromatic nitrogens is 3. The number of benzene rings is 1. The fraction of sp³-hybridized carbons (Fsp3) is 0.357. The van der Waals surface area contributed by atoms with Gasteiger partial charge in [-0.05, 0) is 42.3 Å². The van der Waals surface area contributed by atoms with Crippen LogP contribution in [0.1, 0.15) is 6.42 Å². The lowest BCUT2D eigenvalue weighted by atomic mass is 10.2. The van der Waals surface area contributed by atoms with Crippen molar-refractivity contribution >= 4 is 29.1 Å². The van der Waals surface area contributed by atoms with Gasteiger partial charge >= 0.3 is 0 Å². The molecule has 0 aliphatic carbocycles. The summed E-state index contributed by atoms with van der Waals surface area (Å²) < 4.78 is 6.27. The SMILES string of the molecule is COCCCNC(=O)Cn1nc(-c2ccc(Cl)cc2)nc1Cl. The molecule has 2 aromatic rings. The summed E-state index contributed by atoms with van der Waals surface area (Å²) in [6.07, 6.45) is 0.753. The Hall–Kier alpha value is -1.63. The smallest absolute Gasteiger partial charge is 0.241 e. The Kier molecular flexibility index (Phi) is 6.18. The lowest BCUT2D eigenvalue weighted by Gasteiger charge is -2.05. The minimum atomic E-state index is -0.175. The van der Waals surface area contributed by atoms with Crippen LogP contribution >= 0.6 is 23.2 Å². The molecule has 0 radical (unpaired) electrons. The second-order valence-corrected chi connectivity index (χ2v) is 5.34. The van der Waals surface area contributed by atoms with Gasteiger partial charge in [0.2, 0.25) is 11.2 Å². The summed E-state index contributed by atoms with van der Waals surface area (Å²) >= 11 is 11.9. The second-order valence-electron chi connectivity index (χ2n) is 4.57. The molecule has 0 spiro atoms. The fourth-order valence-electron chi connectivity index (χ4n) is 1.78. The van der Waals surface area contributed by atoms with Crippen molar-refractivity contribution < 1.29 is 9.53 Å². The van der Waals surface area contributed by atoms with E-state index in [1.54, 1.807) is 31.4 Å². The Balaban J connectivity index is 1.98. The van der Waals surface area contributed by atoms with Gasteiger partial charge in [-0.1, -0.05) is 11.6 Å². The van der Waals surface area contributed by atoms with Crippen LogP contribution in [-0.4, -0.2) is 40.9 Å². The van der Waals surface area contributed by atoms with E-state index < -0.39 is 0 Å². The molecule has 1 aromatic carbocycles. The quantitative estimate of drug-likeness (QED) is 0.784. The topological polar surface area (TPSA) is 69.0 Å². The average molecular weight is 343 g/mol. The van der Waals surface area contributed by atoms with E-state index in [9.17, 15) is 4.79 Å². The molecule has 0 fully saturated rings. The van der Waals surface area contributed by atoms with Crippen molar-refractivity contribution in [1.82, 2.24) is 20.1 Å². The minimum Gasteiger partial charge on any atom is -0.385 e. The average Bonchev–Trinajstić information content (AvgIpc) is 2.85. The summed E-state index contributed by atoms with van der Waals surface area (Å²) in [5, 5.41) is 7.80. The lowest BCUT2D eigenvalue weighted by molar-refractivity contribution is -0.121. The maximum Gasteiger partial charge on any atom is 0.241 e. The molecule has 2 rings (SSSR count). The number of methoxy groups -OCH3 is 1. The lowest BCUT2D eigenvalue weighted by Crippen LogP contribution is -2.29. The predicted octanol–water partition coefficient (Wildman–Crippen LogP) is 2.40. The normalized spacial score (nSPS) is 10.7. The number of hydrogen-bond donors (Lipinski definition) is 1. The summed E-state index contributed by atoms with van der Waals surface area (Å²) in [5.41, 5.74) is 0.783. The third kappa shape index (κ3) is 4.69. The monoisotopic (exact) mass is 342 g/mol. The molecule has 0 aliphatic heterocycles. The van der Waals surface area contributed by atoms with Gasteiger partial charge in [0, 0.05) is 30.8 Å². The van der Waals surface area contributed by atoms with Crippen molar-refractivity contribution in [1.29, 1.82) is 0 Å². The minimum absolute atomic E-state index is 0.0202. The van der Waals surface area contributed by atoms with Gasteiger partial charge in [0.05, 0.1) is 0 Å². The Morgan fingerprint density at radius 3 is 2.73 bits per heavy atom. The van der Waals surface area contributed by atoms with Crippen LogP contribution in [0.4, 0.5) is 0 Å². The zero-order valence-electron chi connectivity index (χ0n) is 12.1. The van der Waals surface area contributed by atoms with Crippen molar-refractivity contribution in [2.24, 2.45) is 0 Å². The fourth-order valence-corrected chi connectivity index (χ4v) is 2.08.